The average Bonchev–Trinajstić information content (AvgIpc) is 3.41. The smallest absolute Gasteiger partial charge is 0.376 e. The van der Waals surface area contributed by atoms with Gasteiger partial charge in [0.25, 0.3) is 5.91 Å². The minimum Gasteiger partial charge on any atom is -0.376 e. The lowest BCUT2D eigenvalue weighted by atomic mass is 9.83. The van der Waals surface area contributed by atoms with E-state index in [2.05, 4.69) is 12.2 Å². The molecule has 2 atom stereocenters. The van der Waals surface area contributed by atoms with Gasteiger partial charge in [-0.2, -0.15) is 13.2 Å². The molecule has 2 amide bonds. The molecule has 3 aliphatic rings. The highest BCUT2D eigenvalue weighted by Crippen LogP contribution is 2.44. The molecule has 6 nitrogen and oxygen atoms in total. The molecule has 2 heterocycles. The van der Waals surface area contributed by atoms with Gasteiger partial charge in [0.05, 0.1) is 23.8 Å². The van der Waals surface area contributed by atoms with Crippen LogP contribution in [0.25, 0.3) is 0 Å². The Labute approximate surface area is 185 Å². The van der Waals surface area contributed by atoms with Crippen LogP contribution in [0.3, 0.4) is 0 Å². The van der Waals surface area contributed by atoms with E-state index in [1.807, 2.05) is 0 Å². The zero-order valence-electron chi connectivity index (χ0n) is 18.1. The number of rotatable bonds is 4. The summed E-state index contributed by atoms with van der Waals surface area (Å²) in [5.41, 5.74) is -2.52. The van der Waals surface area contributed by atoms with Gasteiger partial charge in [0.15, 0.2) is 0 Å². The Hall–Kier alpha value is -2.13. The summed E-state index contributed by atoms with van der Waals surface area (Å²) in [4.78, 5) is 27.9. The quantitative estimate of drug-likeness (QED) is 0.753. The topological polar surface area (TPSA) is 67.9 Å². The van der Waals surface area contributed by atoms with Crippen molar-refractivity contribution in [1.82, 2.24) is 10.2 Å². The lowest BCUT2D eigenvalue weighted by molar-refractivity contribution is -0.138. The normalized spacial score (nSPS) is 30.6. The van der Waals surface area contributed by atoms with Gasteiger partial charge in [0.1, 0.15) is 11.8 Å². The molecule has 1 aromatic rings. The Morgan fingerprint density at radius 3 is 2.56 bits per heavy atom. The number of nitrogens with one attached hydrogen (secondary N) is 1. The van der Waals surface area contributed by atoms with Crippen LogP contribution in [0.2, 0.25) is 0 Å². The van der Waals surface area contributed by atoms with Crippen LogP contribution in [0.4, 0.5) is 13.2 Å². The molecule has 0 radical (unpaired) electrons. The third kappa shape index (κ3) is 4.50. The van der Waals surface area contributed by atoms with Crippen LogP contribution in [-0.2, 0) is 20.4 Å². The highest BCUT2D eigenvalue weighted by molar-refractivity contribution is 5.99. The summed E-state index contributed by atoms with van der Waals surface area (Å²) >= 11 is 0. The van der Waals surface area contributed by atoms with E-state index < -0.39 is 40.9 Å². The monoisotopic (exact) mass is 454 g/mol. The van der Waals surface area contributed by atoms with Crippen molar-refractivity contribution in [2.24, 2.45) is 5.92 Å². The van der Waals surface area contributed by atoms with Crippen LogP contribution in [0.5, 0.6) is 0 Å². The van der Waals surface area contributed by atoms with Crippen molar-refractivity contribution in [2.45, 2.75) is 69.5 Å². The van der Waals surface area contributed by atoms with Crippen molar-refractivity contribution in [2.75, 3.05) is 19.8 Å². The second-order valence-electron chi connectivity index (χ2n) is 9.05. The van der Waals surface area contributed by atoms with Gasteiger partial charge in [0.2, 0.25) is 5.91 Å². The molecule has 9 heteroatoms. The number of nitrogens with zero attached hydrogens (tertiary/aromatic N) is 1. The SMILES string of the molecule is CC1CCC2(CC1)OC[C@@H](C(=O)NC[C@H]1CCCO1)N2C(=O)c1ccccc1C(F)(F)F. The number of carbonyl (C=O) groups excluding carboxylic acids is 2. The lowest BCUT2D eigenvalue weighted by Crippen LogP contribution is -2.57. The highest BCUT2D eigenvalue weighted by atomic mass is 19.4. The molecular weight excluding hydrogens is 425 g/mol. The maximum Gasteiger partial charge on any atom is 0.417 e. The number of halogens is 3. The molecular formula is C23H29F3N2O4. The Balaban J connectivity index is 1.63. The minimum absolute atomic E-state index is 0.0360. The Morgan fingerprint density at radius 2 is 1.91 bits per heavy atom. The largest absolute Gasteiger partial charge is 0.417 e. The number of carbonyl (C=O) groups is 2. The van der Waals surface area contributed by atoms with E-state index in [-0.39, 0.29) is 12.7 Å². The highest BCUT2D eigenvalue weighted by Gasteiger charge is 2.54. The summed E-state index contributed by atoms with van der Waals surface area (Å²) in [5.74, 6) is -0.813. The van der Waals surface area contributed by atoms with Gasteiger partial charge < -0.3 is 14.8 Å². The van der Waals surface area contributed by atoms with Crippen molar-refractivity contribution in [1.29, 1.82) is 0 Å². The Morgan fingerprint density at radius 1 is 1.19 bits per heavy atom. The molecule has 1 aliphatic carbocycles. The first-order chi connectivity index (χ1) is 15.2. The summed E-state index contributed by atoms with van der Waals surface area (Å²) in [6.07, 6.45) is -0.478. The molecule has 176 valence electrons. The van der Waals surface area contributed by atoms with E-state index in [9.17, 15) is 22.8 Å². The van der Waals surface area contributed by atoms with E-state index in [1.54, 1.807) is 0 Å². The second-order valence-corrected chi connectivity index (χ2v) is 9.05. The Bertz CT molecular complexity index is 846. The van der Waals surface area contributed by atoms with E-state index in [0.29, 0.717) is 31.9 Å². The van der Waals surface area contributed by atoms with Crippen LogP contribution in [0.1, 0.15) is 61.4 Å². The zero-order chi connectivity index (χ0) is 22.9. The first kappa shape index (κ1) is 23.0. The van der Waals surface area contributed by atoms with E-state index in [1.165, 1.54) is 23.1 Å². The van der Waals surface area contributed by atoms with Crippen LogP contribution >= 0.6 is 0 Å². The van der Waals surface area contributed by atoms with Crippen LogP contribution in [0, 0.1) is 5.92 Å². The van der Waals surface area contributed by atoms with E-state index in [4.69, 9.17) is 9.47 Å². The number of benzene rings is 1. The maximum absolute atomic E-state index is 13.6. The standard InChI is InChI=1S/C23H29F3N2O4/c1-15-8-10-22(11-9-15)28(21(30)17-6-2-3-7-18(17)23(24,25)26)19(14-32-22)20(29)27-13-16-5-4-12-31-16/h2-3,6-7,15-16,19H,4-5,8-14H2,1H3,(H,27,29)/t15?,16-,19+,22?/m1/s1. The molecule has 0 bridgehead atoms. The molecule has 1 aromatic carbocycles. The van der Waals surface area contributed by atoms with Gasteiger partial charge in [-0.25, -0.2) is 0 Å². The summed E-state index contributed by atoms with van der Waals surface area (Å²) in [7, 11) is 0. The molecule has 32 heavy (non-hydrogen) atoms. The molecule has 0 aromatic heterocycles. The summed E-state index contributed by atoms with van der Waals surface area (Å²) in [5, 5.41) is 2.82. The van der Waals surface area contributed by atoms with Gasteiger partial charge >= 0.3 is 6.18 Å². The number of ether oxygens (including phenoxy) is 2. The number of alkyl halides is 3. The first-order valence-electron chi connectivity index (χ1n) is 11.2. The van der Waals surface area contributed by atoms with Gasteiger partial charge in [-0.1, -0.05) is 19.1 Å². The van der Waals surface area contributed by atoms with Crippen molar-refractivity contribution < 1.29 is 32.2 Å². The maximum atomic E-state index is 13.6. The van der Waals surface area contributed by atoms with E-state index in [0.717, 1.165) is 31.7 Å². The van der Waals surface area contributed by atoms with Crippen LogP contribution in [-0.4, -0.2) is 54.3 Å². The third-order valence-corrected chi connectivity index (χ3v) is 6.83. The first-order valence-corrected chi connectivity index (χ1v) is 11.2. The van der Waals surface area contributed by atoms with Gasteiger partial charge in [0, 0.05) is 13.2 Å². The van der Waals surface area contributed by atoms with Crippen molar-refractivity contribution in [3.63, 3.8) is 0 Å². The zero-order valence-corrected chi connectivity index (χ0v) is 18.1. The molecule has 1 N–H and O–H groups in total. The molecule has 1 spiro atoms. The number of hydrogen-bond acceptors (Lipinski definition) is 4. The summed E-state index contributed by atoms with van der Waals surface area (Å²) in [6, 6.07) is 3.74. The Kier molecular flexibility index (Phi) is 6.49. The fraction of sp³-hybridized carbons (Fsp3) is 0.652. The predicted molar refractivity (Wildman–Crippen MR) is 110 cm³/mol. The molecule has 2 aliphatic heterocycles. The van der Waals surface area contributed by atoms with Crippen LogP contribution in [0.15, 0.2) is 24.3 Å². The molecule has 1 saturated carbocycles. The average molecular weight is 454 g/mol. The molecule has 3 fully saturated rings. The second kappa shape index (κ2) is 9.02. The van der Waals surface area contributed by atoms with Gasteiger partial charge in [-0.05, 0) is 56.6 Å². The number of hydrogen-bond donors (Lipinski definition) is 1. The fourth-order valence-electron chi connectivity index (χ4n) is 4.96. The lowest BCUT2D eigenvalue weighted by Gasteiger charge is -2.43. The van der Waals surface area contributed by atoms with Crippen molar-refractivity contribution in [3.8, 4) is 0 Å². The fourth-order valence-corrected chi connectivity index (χ4v) is 4.96. The van der Waals surface area contributed by atoms with Gasteiger partial charge in [-0.15, -0.1) is 0 Å². The van der Waals surface area contributed by atoms with Crippen molar-refractivity contribution in [3.05, 3.63) is 35.4 Å². The predicted octanol–water partition coefficient (Wildman–Crippen LogP) is 3.75. The van der Waals surface area contributed by atoms with E-state index >= 15 is 0 Å². The van der Waals surface area contributed by atoms with Crippen molar-refractivity contribution >= 4 is 11.8 Å². The molecule has 4 rings (SSSR count). The summed E-state index contributed by atoms with van der Waals surface area (Å²) in [6.45, 7) is 3.01. The summed E-state index contributed by atoms with van der Waals surface area (Å²) < 4.78 is 52.5. The minimum atomic E-state index is -4.68. The molecule has 2 saturated heterocycles. The third-order valence-electron chi connectivity index (χ3n) is 6.83. The van der Waals surface area contributed by atoms with Gasteiger partial charge in [-0.3, -0.25) is 14.5 Å². The molecule has 0 unspecified atom stereocenters. The van der Waals surface area contributed by atoms with Crippen LogP contribution < -0.4 is 5.32 Å². The number of amides is 2.